The van der Waals surface area contributed by atoms with E-state index in [2.05, 4.69) is 33.8 Å². The molecule has 0 aliphatic carbocycles. The van der Waals surface area contributed by atoms with Gasteiger partial charge in [-0.2, -0.15) is 4.99 Å². The largest absolute Gasteiger partial charge is 0.284 e. The van der Waals surface area contributed by atoms with Crippen LogP contribution in [-0.2, 0) is 4.79 Å². The second-order valence-corrected chi connectivity index (χ2v) is 6.64. The van der Waals surface area contributed by atoms with Crippen molar-refractivity contribution in [3.63, 3.8) is 0 Å². The van der Waals surface area contributed by atoms with Gasteiger partial charge in [0.1, 0.15) is 0 Å². The van der Waals surface area contributed by atoms with Gasteiger partial charge in [0, 0.05) is 13.0 Å². The Morgan fingerprint density at radius 3 is 2.70 bits per heavy atom. The molecule has 0 aromatic rings. The molecule has 0 spiro atoms. The van der Waals surface area contributed by atoms with Gasteiger partial charge in [-0.15, -0.1) is 0 Å². The van der Waals surface area contributed by atoms with Gasteiger partial charge < -0.3 is 0 Å². The Morgan fingerprint density at radius 1 is 1.35 bits per heavy atom. The number of hydrazine groups is 1. The van der Waals surface area contributed by atoms with Gasteiger partial charge in [-0.05, 0) is 44.1 Å². The second kappa shape index (κ2) is 7.38. The summed E-state index contributed by atoms with van der Waals surface area (Å²) in [5.74, 6) is -0.0291. The monoisotopic (exact) mass is 314 g/mol. The number of nitrogens with zero attached hydrogens (tertiary/aromatic N) is 4. The van der Waals surface area contributed by atoms with Crippen molar-refractivity contribution in [2.24, 2.45) is 4.99 Å². The lowest BCUT2D eigenvalue weighted by atomic mass is 10.3. The Labute approximate surface area is 130 Å². The summed E-state index contributed by atoms with van der Waals surface area (Å²) in [5.41, 5.74) is 0. The molecule has 5 nitrogen and oxygen atoms in total. The number of hydrogen-bond acceptors (Lipinski definition) is 5. The van der Waals surface area contributed by atoms with Gasteiger partial charge in [-0.1, -0.05) is 26.1 Å². The van der Waals surface area contributed by atoms with Crippen LogP contribution in [0, 0.1) is 0 Å². The van der Waals surface area contributed by atoms with Crippen LogP contribution >= 0.6 is 24.0 Å². The summed E-state index contributed by atoms with van der Waals surface area (Å²) in [6.07, 6.45) is 3.64. The number of carbonyl (C=O) groups is 1. The third-order valence-electron chi connectivity index (χ3n) is 3.30. The molecule has 20 heavy (non-hydrogen) atoms. The van der Waals surface area contributed by atoms with E-state index in [0.29, 0.717) is 6.42 Å². The lowest BCUT2D eigenvalue weighted by molar-refractivity contribution is -0.117. The topological polar surface area (TPSA) is 39.1 Å². The number of amides is 1. The van der Waals surface area contributed by atoms with Gasteiger partial charge in [0.2, 0.25) is 5.91 Å². The zero-order valence-electron chi connectivity index (χ0n) is 12.2. The number of hydrogen-bond donors (Lipinski definition) is 0. The minimum Gasteiger partial charge on any atom is -0.284 e. The average molecular weight is 314 g/mol. The molecular weight excluding hydrogens is 292 g/mol. The molecule has 0 bridgehead atoms. The lowest BCUT2D eigenvalue weighted by Crippen LogP contribution is -2.47. The van der Waals surface area contributed by atoms with Gasteiger partial charge in [0.15, 0.2) is 9.49 Å². The molecule has 7 heteroatoms. The van der Waals surface area contributed by atoms with Crippen LogP contribution in [0.25, 0.3) is 0 Å². The minimum absolute atomic E-state index is 0.0291. The standard InChI is InChI=1S/C13H22N4OS2/c1-3-7-15(8-4-2)10-17-13(19)20-12-14-11(18)6-5-9-16(12)17/h3-10H2,1-2H3. The summed E-state index contributed by atoms with van der Waals surface area (Å²) >= 11 is 6.89. The lowest BCUT2D eigenvalue weighted by Gasteiger charge is -2.33. The van der Waals surface area contributed by atoms with Gasteiger partial charge in [-0.3, -0.25) is 19.7 Å². The fourth-order valence-electron chi connectivity index (χ4n) is 2.43. The van der Waals surface area contributed by atoms with Crippen LogP contribution in [0.5, 0.6) is 0 Å². The molecular formula is C13H22N4OS2. The van der Waals surface area contributed by atoms with Crippen molar-refractivity contribution in [2.45, 2.75) is 39.5 Å². The van der Waals surface area contributed by atoms with Crippen molar-refractivity contribution in [1.29, 1.82) is 0 Å². The maximum absolute atomic E-state index is 11.6. The van der Waals surface area contributed by atoms with Crippen molar-refractivity contribution >= 4 is 39.4 Å². The predicted molar refractivity (Wildman–Crippen MR) is 87.4 cm³/mol. The highest BCUT2D eigenvalue weighted by Gasteiger charge is 2.34. The summed E-state index contributed by atoms with van der Waals surface area (Å²) in [7, 11) is 0. The van der Waals surface area contributed by atoms with E-state index in [1.165, 1.54) is 11.8 Å². The van der Waals surface area contributed by atoms with Crippen molar-refractivity contribution in [3.05, 3.63) is 0 Å². The van der Waals surface area contributed by atoms with Crippen LogP contribution in [0.15, 0.2) is 4.99 Å². The first-order valence-corrected chi connectivity index (χ1v) is 8.48. The Bertz CT molecular complexity index is 407. The fraction of sp³-hybridized carbons (Fsp3) is 0.769. The molecule has 0 saturated carbocycles. The quantitative estimate of drug-likeness (QED) is 0.701. The van der Waals surface area contributed by atoms with Crippen LogP contribution in [0.4, 0.5) is 0 Å². The first-order chi connectivity index (χ1) is 9.65. The number of amidine groups is 1. The molecule has 0 aromatic carbocycles. The average Bonchev–Trinajstić information content (AvgIpc) is 2.57. The smallest absolute Gasteiger partial charge is 0.248 e. The SMILES string of the molecule is CCCN(CCC)CN1C(=S)SC2=NC(=O)CCCN21. The molecule has 1 amide bonds. The summed E-state index contributed by atoms with van der Waals surface area (Å²) < 4.78 is 0.802. The Hall–Kier alpha value is -0.660. The van der Waals surface area contributed by atoms with Crippen molar-refractivity contribution < 1.29 is 4.79 Å². The van der Waals surface area contributed by atoms with E-state index in [4.69, 9.17) is 12.2 Å². The summed E-state index contributed by atoms with van der Waals surface area (Å²) in [6.45, 7) is 8.13. The van der Waals surface area contributed by atoms with Gasteiger partial charge in [-0.25, -0.2) is 0 Å². The highest BCUT2D eigenvalue weighted by atomic mass is 32.2. The van der Waals surface area contributed by atoms with E-state index < -0.39 is 0 Å². The summed E-state index contributed by atoms with van der Waals surface area (Å²) in [5, 5.41) is 4.93. The molecule has 0 N–H and O–H groups in total. The molecule has 0 atom stereocenters. The highest BCUT2D eigenvalue weighted by molar-refractivity contribution is 8.33. The number of thiocarbonyl (C=S) groups is 1. The van der Waals surface area contributed by atoms with Crippen LogP contribution in [0.3, 0.4) is 0 Å². The van der Waals surface area contributed by atoms with E-state index in [1.54, 1.807) is 0 Å². The number of aliphatic imine (C=N–C) groups is 1. The minimum atomic E-state index is -0.0291. The molecule has 112 valence electrons. The first kappa shape index (κ1) is 15.7. The molecule has 0 radical (unpaired) electrons. The summed E-state index contributed by atoms with van der Waals surface area (Å²) in [4.78, 5) is 18.1. The number of rotatable bonds is 6. The van der Waals surface area contributed by atoms with Crippen LogP contribution in [0.1, 0.15) is 39.5 Å². The van der Waals surface area contributed by atoms with Crippen molar-refractivity contribution in [2.75, 3.05) is 26.3 Å². The highest BCUT2D eigenvalue weighted by Crippen LogP contribution is 2.28. The Kier molecular flexibility index (Phi) is 5.80. The van der Waals surface area contributed by atoms with E-state index in [0.717, 1.165) is 55.1 Å². The Balaban J connectivity index is 2.08. The fourth-order valence-corrected chi connectivity index (χ4v) is 3.67. The van der Waals surface area contributed by atoms with Gasteiger partial charge in [0.25, 0.3) is 0 Å². The van der Waals surface area contributed by atoms with Crippen molar-refractivity contribution in [1.82, 2.24) is 14.9 Å². The number of thioether (sulfide) groups is 1. The molecule has 1 saturated heterocycles. The van der Waals surface area contributed by atoms with E-state index in [1.807, 2.05) is 0 Å². The zero-order chi connectivity index (χ0) is 14.5. The first-order valence-electron chi connectivity index (χ1n) is 7.26. The van der Waals surface area contributed by atoms with Crippen LogP contribution in [0.2, 0.25) is 0 Å². The van der Waals surface area contributed by atoms with Crippen molar-refractivity contribution in [3.8, 4) is 0 Å². The molecule has 1 fully saturated rings. The van der Waals surface area contributed by atoms with Crippen LogP contribution in [-0.4, -0.2) is 56.6 Å². The van der Waals surface area contributed by atoms with E-state index in [-0.39, 0.29) is 5.91 Å². The molecule has 2 rings (SSSR count). The van der Waals surface area contributed by atoms with Gasteiger partial charge in [0.05, 0.1) is 6.67 Å². The third kappa shape index (κ3) is 3.71. The Morgan fingerprint density at radius 2 is 2.05 bits per heavy atom. The normalized spacial score (nSPS) is 19.4. The third-order valence-corrected chi connectivity index (χ3v) is 4.63. The van der Waals surface area contributed by atoms with E-state index >= 15 is 0 Å². The van der Waals surface area contributed by atoms with Gasteiger partial charge >= 0.3 is 0 Å². The number of fused-ring (bicyclic) bond motifs is 1. The maximum atomic E-state index is 11.6. The summed E-state index contributed by atoms with van der Waals surface area (Å²) in [6, 6.07) is 0. The maximum Gasteiger partial charge on any atom is 0.248 e. The van der Waals surface area contributed by atoms with Crippen LogP contribution < -0.4 is 0 Å². The molecule has 2 aliphatic rings. The molecule has 2 aliphatic heterocycles. The second-order valence-electron chi connectivity index (χ2n) is 5.04. The predicted octanol–water partition coefficient (Wildman–Crippen LogP) is 2.29. The molecule has 0 aromatic heterocycles. The molecule has 0 unspecified atom stereocenters. The molecule has 2 heterocycles. The number of carbonyl (C=O) groups excluding carboxylic acids is 1. The zero-order valence-corrected chi connectivity index (χ0v) is 13.8. The van der Waals surface area contributed by atoms with E-state index in [9.17, 15) is 4.79 Å².